The highest BCUT2D eigenvalue weighted by Gasteiger charge is 2.16. The Labute approximate surface area is 202 Å². The third kappa shape index (κ3) is 4.54. The number of pyridine rings is 2. The van der Waals surface area contributed by atoms with Gasteiger partial charge in [0.2, 0.25) is 0 Å². The molecule has 0 saturated heterocycles. The van der Waals surface area contributed by atoms with Gasteiger partial charge in [-0.15, -0.1) is 10.2 Å². The number of halogens is 3. The van der Waals surface area contributed by atoms with Crippen molar-refractivity contribution in [3.05, 3.63) is 82.1 Å². The maximum Gasteiger partial charge on any atom is 0.268 e. The zero-order valence-electron chi connectivity index (χ0n) is 17.6. The van der Waals surface area contributed by atoms with Crippen LogP contribution in [0.25, 0.3) is 17.2 Å². The second-order valence-electron chi connectivity index (χ2n) is 7.10. The molecule has 172 valence electrons. The van der Waals surface area contributed by atoms with Gasteiger partial charge in [0.1, 0.15) is 11.4 Å². The number of amides is 1. The lowest BCUT2D eigenvalue weighted by atomic mass is 10.2. The number of nitrogens with zero attached hydrogens (tertiary/aromatic N) is 4. The third-order valence-electron chi connectivity index (χ3n) is 4.81. The van der Waals surface area contributed by atoms with Crippen molar-refractivity contribution in [3.63, 3.8) is 0 Å². The number of hydrogen-bond acceptors (Lipinski definition) is 7. The molecule has 0 aliphatic rings. The third-order valence-corrected chi connectivity index (χ3v) is 5.44. The molecule has 3 aromatic heterocycles. The second-order valence-corrected chi connectivity index (χ2v) is 7.92. The van der Waals surface area contributed by atoms with E-state index in [0.717, 1.165) is 5.69 Å². The molecule has 0 radical (unpaired) electrons. The largest absolute Gasteiger partial charge is 0.364 e. The molecular formula is C22H17Cl2FN8O. The standard InChI is InChI=1S/C22H17Cl2FN8O/c1-11-5-7-15(25)21-31-32-22(33(11)21)16-8-6-12(9-28-16)30-17(18(26)20(27)34)10-29-19-13(23)3-2-4-14(19)24/h2-10,26,29-30H,1H3,(H2,27,34)/b17-10+,26-18?. The highest BCUT2D eigenvalue weighted by atomic mass is 35.5. The van der Waals surface area contributed by atoms with Gasteiger partial charge in [-0.25, -0.2) is 4.39 Å². The van der Waals surface area contributed by atoms with Gasteiger partial charge in [0.15, 0.2) is 17.3 Å². The number of benzene rings is 1. The molecule has 0 aliphatic heterocycles. The fourth-order valence-electron chi connectivity index (χ4n) is 3.12. The molecule has 0 bridgehead atoms. The maximum absolute atomic E-state index is 14.0. The lowest BCUT2D eigenvalue weighted by Gasteiger charge is -2.13. The SMILES string of the molecule is Cc1ccc(F)c2nnc(-c3ccc(N/C(=C/Nc4c(Cl)cccc4Cl)C(=N)C(N)=O)cn3)n12. The minimum atomic E-state index is -0.942. The van der Waals surface area contributed by atoms with Crippen LogP contribution in [0.4, 0.5) is 15.8 Å². The molecule has 0 unspecified atom stereocenters. The Bertz CT molecular complexity index is 1430. The first kappa shape index (κ1) is 23.1. The molecule has 3 heterocycles. The van der Waals surface area contributed by atoms with Gasteiger partial charge < -0.3 is 16.4 Å². The highest BCUT2D eigenvalue weighted by Crippen LogP contribution is 2.30. The molecular weight excluding hydrogens is 482 g/mol. The monoisotopic (exact) mass is 498 g/mol. The van der Waals surface area contributed by atoms with Crippen LogP contribution in [0.3, 0.4) is 0 Å². The fourth-order valence-corrected chi connectivity index (χ4v) is 3.63. The number of nitrogens with one attached hydrogen (secondary N) is 3. The number of fused-ring (bicyclic) bond motifs is 1. The highest BCUT2D eigenvalue weighted by molar-refractivity contribution is 6.44. The summed E-state index contributed by atoms with van der Waals surface area (Å²) in [7, 11) is 0. The van der Waals surface area contributed by atoms with Gasteiger partial charge in [0.25, 0.3) is 5.91 Å². The van der Waals surface area contributed by atoms with Crippen LogP contribution in [0.1, 0.15) is 5.69 Å². The van der Waals surface area contributed by atoms with Gasteiger partial charge in [-0.3, -0.25) is 19.6 Å². The molecule has 4 aromatic rings. The summed E-state index contributed by atoms with van der Waals surface area (Å²) in [4.78, 5) is 16.0. The zero-order valence-corrected chi connectivity index (χ0v) is 19.1. The Morgan fingerprint density at radius 1 is 1.15 bits per heavy atom. The molecule has 34 heavy (non-hydrogen) atoms. The van der Waals surface area contributed by atoms with Crippen LogP contribution in [0.15, 0.2) is 60.6 Å². The van der Waals surface area contributed by atoms with Crippen LogP contribution in [0, 0.1) is 18.2 Å². The molecule has 1 aromatic carbocycles. The molecule has 0 fully saturated rings. The van der Waals surface area contributed by atoms with Crippen LogP contribution in [-0.2, 0) is 4.79 Å². The topological polar surface area (TPSA) is 134 Å². The summed E-state index contributed by atoms with van der Waals surface area (Å²) in [5, 5.41) is 22.5. The van der Waals surface area contributed by atoms with E-state index in [4.69, 9.17) is 34.3 Å². The number of aromatic nitrogens is 4. The van der Waals surface area contributed by atoms with Crippen LogP contribution in [0.5, 0.6) is 0 Å². The van der Waals surface area contributed by atoms with Crippen molar-refractivity contribution < 1.29 is 9.18 Å². The van der Waals surface area contributed by atoms with E-state index in [2.05, 4.69) is 25.8 Å². The predicted octanol–water partition coefficient (Wildman–Crippen LogP) is 4.42. The Hall–Kier alpha value is -4.02. The van der Waals surface area contributed by atoms with Crippen LogP contribution >= 0.6 is 23.2 Å². The van der Waals surface area contributed by atoms with Crippen LogP contribution in [0.2, 0.25) is 10.0 Å². The normalized spacial score (nSPS) is 11.5. The molecule has 1 amide bonds. The Morgan fingerprint density at radius 3 is 2.53 bits per heavy atom. The van der Waals surface area contributed by atoms with Crippen molar-refractivity contribution in [3.8, 4) is 11.5 Å². The lowest BCUT2D eigenvalue weighted by molar-refractivity contribution is -0.112. The minimum Gasteiger partial charge on any atom is -0.364 e. The lowest BCUT2D eigenvalue weighted by Crippen LogP contribution is -2.27. The number of nitrogens with two attached hydrogens (primary N) is 1. The first-order valence-corrected chi connectivity index (χ1v) is 10.5. The van der Waals surface area contributed by atoms with E-state index in [1.165, 1.54) is 18.5 Å². The van der Waals surface area contributed by atoms with Gasteiger partial charge in [-0.05, 0) is 43.3 Å². The molecule has 4 rings (SSSR count). The fraction of sp³-hybridized carbons (Fsp3) is 0.0455. The average Bonchev–Trinajstić information content (AvgIpc) is 3.27. The molecule has 5 N–H and O–H groups in total. The van der Waals surface area contributed by atoms with Gasteiger partial charge in [-0.2, -0.15) is 0 Å². The van der Waals surface area contributed by atoms with Crippen molar-refractivity contribution in [1.82, 2.24) is 19.6 Å². The van der Waals surface area contributed by atoms with E-state index >= 15 is 0 Å². The summed E-state index contributed by atoms with van der Waals surface area (Å²) >= 11 is 12.3. The number of hydrogen-bond donors (Lipinski definition) is 4. The van der Waals surface area contributed by atoms with Crippen molar-refractivity contribution in [2.45, 2.75) is 6.92 Å². The number of para-hydroxylation sites is 1. The minimum absolute atomic E-state index is 0.0591. The van der Waals surface area contributed by atoms with Gasteiger partial charge in [0, 0.05) is 11.9 Å². The summed E-state index contributed by atoms with van der Waals surface area (Å²) in [5.41, 5.74) is 7.02. The van der Waals surface area contributed by atoms with Crippen molar-refractivity contribution in [2.75, 3.05) is 10.6 Å². The summed E-state index contributed by atoms with van der Waals surface area (Å²) < 4.78 is 15.6. The first-order valence-electron chi connectivity index (χ1n) is 9.79. The van der Waals surface area contributed by atoms with Gasteiger partial charge in [0.05, 0.1) is 33.3 Å². The Kier molecular flexibility index (Phi) is 6.44. The summed E-state index contributed by atoms with van der Waals surface area (Å²) in [6.07, 6.45) is 2.82. The van der Waals surface area contributed by atoms with Crippen LogP contribution < -0.4 is 16.4 Å². The number of rotatable bonds is 7. The number of carbonyl (C=O) groups excluding carboxylic acids is 1. The van der Waals surface area contributed by atoms with Crippen molar-refractivity contribution >= 4 is 51.8 Å². The van der Waals surface area contributed by atoms with E-state index in [0.29, 0.717) is 32.9 Å². The Morgan fingerprint density at radius 2 is 1.88 bits per heavy atom. The zero-order chi connectivity index (χ0) is 24.4. The van der Waals surface area contributed by atoms with E-state index in [-0.39, 0.29) is 11.3 Å². The van der Waals surface area contributed by atoms with Crippen molar-refractivity contribution in [1.29, 1.82) is 5.41 Å². The van der Waals surface area contributed by atoms with Crippen LogP contribution in [-0.4, -0.2) is 31.2 Å². The van der Waals surface area contributed by atoms with E-state index in [1.54, 1.807) is 47.7 Å². The quantitative estimate of drug-likeness (QED) is 0.278. The maximum atomic E-state index is 14.0. The first-order chi connectivity index (χ1) is 16.3. The summed E-state index contributed by atoms with van der Waals surface area (Å²) in [5.74, 6) is -1.06. The Balaban J connectivity index is 1.63. The molecule has 0 saturated carbocycles. The number of carbonyl (C=O) groups is 1. The second kappa shape index (κ2) is 9.46. The summed E-state index contributed by atoms with van der Waals surface area (Å²) in [6, 6.07) is 11.2. The number of anilines is 2. The molecule has 9 nitrogen and oxygen atoms in total. The molecule has 0 aliphatic carbocycles. The van der Waals surface area contributed by atoms with Gasteiger partial charge >= 0.3 is 0 Å². The van der Waals surface area contributed by atoms with E-state index in [9.17, 15) is 9.18 Å². The smallest absolute Gasteiger partial charge is 0.268 e. The molecule has 0 atom stereocenters. The van der Waals surface area contributed by atoms with E-state index in [1.807, 2.05) is 0 Å². The number of aryl methyl sites for hydroxylation is 1. The average molecular weight is 499 g/mol. The van der Waals surface area contributed by atoms with Gasteiger partial charge in [-0.1, -0.05) is 29.3 Å². The number of primary amides is 1. The van der Waals surface area contributed by atoms with E-state index < -0.39 is 17.4 Å². The molecule has 12 heteroatoms. The predicted molar refractivity (Wildman–Crippen MR) is 130 cm³/mol. The molecule has 0 spiro atoms. The van der Waals surface area contributed by atoms with Crippen molar-refractivity contribution in [2.24, 2.45) is 5.73 Å². The summed E-state index contributed by atoms with van der Waals surface area (Å²) in [6.45, 7) is 1.81.